The first-order valence-corrected chi connectivity index (χ1v) is 7.41. The second-order valence-electron chi connectivity index (χ2n) is 5.99. The number of phenolic OH excluding ortho intramolecular Hbond substituents is 1. The van der Waals surface area contributed by atoms with E-state index in [1.165, 1.54) is 0 Å². The smallest absolute Gasteiger partial charge is 0.306 e. The van der Waals surface area contributed by atoms with Gasteiger partial charge in [-0.1, -0.05) is 32.9 Å². The normalized spacial score (nSPS) is 11.5. The summed E-state index contributed by atoms with van der Waals surface area (Å²) < 4.78 is 4.85. The Kier molecular flexibility index (Phi) is 6.21. The molecule has 0 aliphatic carbocycles. The third kappa shape index (κ3) is 4.74. The van der Waals surface area contributed by atoms with Gasteiger partial charge >= 0.3 is 5.97 Å². The van der Waals surface area contributed by atoms with Gasteiger partial charge in [0, 0.05) is 12.0 Å². The van der Waals surface area contributed by atoms with E-state index in [-0.39, 0.29) is 31.0 Å². The fourth-order valence-electron chi connectivity index (χ4n) is 2.18. The molecule has 1 aromatic carbocycles. The highest BCUT2D eigenvalue weighted by Gasteiger charge is 2.23. The van der Waals surface area contributed by atoms with Gasteiger partial charge in [-0.25, -0.2) is 0 Å². The van der Waals surface area contributed by atoms with Crippen LogP contribution in [0.2, 0.25) is 0 Å². The zero-order valence-electron chi connectivity index (χ0n) is 13.4. The summed E-state index contributed by atoms with van der Waals surface area (Å²) in [7, 11) is 0. The number of aryl methyl sites for hydroxylation is 2. The quantitative estimate of drug-likeness (QED) is 0.759. The summed E-state index contributed by atoms with van der Waals surface area (Å²) in [6.45, 7) is 8.05. The third-order valence-corrected chi connectivity index (χ3v) is 3.95. The summed E-state index contributed by atoms with van der Waals surface area (Å²) in [5.41, 5.74) is 2.65. The SMILES string of the molecule is CCC(C)(C)c1cc(CCC(=O)OCCO)cc(C)c1O. The molecular weight excluding hydrogens is 268 g/mol. The number of ether oxygens (including phenoxy) is 1. The fraction of sp³-hybridized carbons (Fsp3) is 0.588. The molecule has 0 atom stereocenters. The van der Waals surface area contributed by atoms with E-state index >= 15 is 0 Å². The van der Waals surface area contributed by atoms with E-state index in [2.05, 4.69) is 20.8 Å². The van der Waals surface area contributed by atoms with Crippen molar-refractivity contribution in [1.82, 2.24) is 0 Å². The van der Waals surface area contributed by atoms with Gasteiger partial charge in [-0.05, 0) is 36.3 Å². The maximum atomic E-state index is 11.5. The van der Waals surface area contributed by atoms with Crippen molar-refractivity contribution in [2.75, 3.05) is 13.2 Å². The van der Waals surface area contributed by atoms with Crippen molar-refractivity contribution in [3.05, 3.63) is 28.8 Å². The van der Waals surface area contributed by atoms with E-state index in [1.54, 1.807) is 0 Å². The van der Waals surface area contributed by atoms with E-state index in [0.717, 1.165) is 23.1 Å². The van der Waals surface area contributed by atoms with Crippen LogP contribution in [0.4, 0.5) is 0 Å². The monoisotopic (exact) mass is 294 g/mol. The average molecular weight is 294 g/mol. The van der Waals surface area contributed by atoms with Crippen LogP contribution in [0, 0.1) is 6.92 Å². The van der Waals surface area contributed by atoms with Crippen molar-refractivity contribution in [3.8, 4) is 5.75 Å². The van der Waals surface area contributed by atoms with Crippen molar-refractivity contribution in [3.63, 3.8) is 0 Å². The molecule has 2 N–H and O–H groups in total. The van der Waals surface area contributed by atoms with Crippen molar-refractivity contribution >= 4 is 5.97 Å². The molecule has 0 aromatic heterocycles. The van der Waals surface area contributed by atoms with Crippen LogP contribution in [0.3, 0.4) is 0 Å². The summed E-state index contributed by atoms with van der Waals surface area (Å²) in [5.74, 6) is 0.0273. The minimum Gasteiger partial charge on any atom is -0.507 e. The van der Waals surface area contributed by atoms with E-state index < -0.39 is 0 Å². The number of aromatic hydroxyl groups is 1. The first-order valence-electron chi connectivity index (χ1n) is 7.41. The molecule has 0 radical (unpaired) electrons. The molecule has 0 bridgehead atoms. The van der Waals surface area contributed by atoms with Crippen LogP contribution in [-0.4, -0.2) is 29.4 Å². The maximum Gasteiger partial charge on any atom is 0.306 e. The first kappa shape index (κ1) is 17.5. The number of rotatable bonds is 7. The molecule has 118 valence electrons. The van der Waals surface area contributed by atoms with E-state index in [9.17, 15) is 9.90 Å². The van der Waals surface area contributed by atoms with Gasteiger partial charge in [-0.2, -0.15) is 0 Å². The number of hydrogen-bond acceptors (Lipinski definition) is 4. The molecular formula is C17H26O4. The predicted octanol–water partition coefficient (Wildman–Crippen LogP) is 2.86. The molecule has 21 heavy (non-hydrogen) atoms. The van der Waals surface area contributed by atoms with Crippen LogP contribution in [0.5, 0.6) is 5.75 Å². The van der Waals surface area contributed by atoms with Crippen molar-refractivity contribution in [2.24, 2.45) is 0 Å². The van der Waals surface area contributed by atoms with Crippen molar-refractivity contribution in [2.45, 2.75) is 52.4 Å². The first-order chi connectivity index (χ1) is 9.81. The second kappa shape index (κ2) is 7.46. The molecule has 0 aliphatic rings. The van der Waals surface area contributed by atoms with Crippen LogP contribution in [-0.2, 0) is 21.4 Å². The van der Waals surface area contributed by atoms with E-state index in [4.69, 9.17) is 9.84 Å². The topological polar surface area (TPSA) is 66.8 Å². The Bertz CT molecular complexity index is 492. The van der Waals surface area contributed by atoms with Crippen LogP contribution < -0.4 is 0 Å². The number of hydrogen-bond donors (Lipinski definition) is 2. The molecule has 0 amide bonds. The van der Waals surface area contributed by atoms with Gasteiger partial charge < -0.3 is 14.9 Å². The highest BCUT2D eigenvalue weighted by atomic mass is 16.5. The van der Waals surface area contributed by atoms with Gasteiger partial charge in [-0.15, -0.1) is 0 Å². The number of esters is 1. The molecule has 4 nitrogen and oxygen atoms in total. The molecule has 0 spiro atoms. The van der Waals surface area contributed by atoms with Gasteiger partial charge in [0.05, 0.1) is 6.61 Å². The number of carbonyl (C=O) groups excluding carboxylic acids is 1. The summed E-state index contributed by atoms with van der Waals surface area (Å²) in [6, 6.07) is 3.88. The minimum atomic E-state index is -0.314. The minimum absolute atomic E-state index is 0.0432. The molecule has 0 aliphatic heterocycles. The molecule has 1 rings (SSSR count). The standard InChI is InChI=1S/C17H26O4/c1-5-17(3,4)14-11-13(10-12(2)16(14)20)6-7-15(19)21-9-8-18/h10-11,18,20H,5-9H2,1-4H3. The van der Waals surface area contributed by atoms with Crippen LogP contribution in [0.1, 0.15) is 50.3 Å². The van der Waals surface area contributed by atoms with Crippen molar-refractivity contribution < 1.29 is 19.7 Å². The molecule has 4 heteroatoms. The van der Waals surface area contributed by atoms with Gasteiger partial charge in [0.25, 0.3) is 0 Å². The Morgan fingerprint density at radius 2 is 2.00 bits per heavy atom. The van der Waals surface area contributed by atoms with Crippen molar-refractivity contribution in [1.29, 1.82) is 0 Å². The molecule has 1 aromatic rings. The summed E-state index contributed by atoms with van der Waals surface area (Å²) in [5, 5.41) is 18.9. The van der Waals surface area contributed by atoms with Crippen LogP contribution >= 0.6 is 0 Å². The Morgan fingerprint density at radius 3 is 2.57 bits per heavy atom. The Labute approximate surface area is 126 Å². The molecule has 0 saturated carbocycles. The molecule has 0 heterocycles. The third-order valence-electron chi connectivity index (χ3n) is 3.95. The van der Waals surface area contributed by atoms with Gasteiger partial charge in [-0.3, -0.25) is 4.79 Å². The van der Waals surface area contributed by atoms with Gasteiger partial charge in [0.1, 0.15) is 12.4 Å². The molecule has 0 fully saturated rings. The van der Waals surface area contributed by atoms with Crippen LogP contribution in [0.25, 0.3) is 0 Å². The lowest BCUT2D eigenvalue weighted by Gasteiger charge is -2.26. The Hall–Kier alpha value is -1.55. The number of phenols is 1. The number of aliphatic hydroxyl groups is 1. The van der Waals surface area contributed by atoms with Crippen LogP contribution in [0.15, 0.2) is 12.1 Å². The Morgan fingerprint density at radius 1 is 1.33 bits per heavy atom. The fourth-order valence-corrected chi connectivity index (χ4v) is 2.18. The Balaban J connectivity index is 2.88. The van der Waals surface area contributed by atoms with E-state index in [1.807, 2.05) is 19.1 Å². The molecule has 0 unspecified atom stereocenters. The lowest BCUT2D eigenvalue weighted by molar-refractivity contribution is -0.144. The largest absolute Gasteiger partial charge is 0.507 e. The second-order valence-corrected chi connectivity index (χ2v) is 5.99. The zero-order valence-corrected chi connectivity index (χ0v) is 13.4. The number of aliphatic hydroxyl groups excluding tert-OH is 1. The highest BCUT2D eigenvalue weighted by Crippen LogP contribution is 2.36. The molecule has 0 saturated heterocycles. The number of benzene rings is 1. The average Bonchev–Trinajstić information content (AvgIpc) is 2.45. The predicted molar refractivity (Wildman–Crippen MR) is 82.5 cm³/mol. The summed E-state index contributed by atoms with van der Waals surface area (Å²) >= 11 is 0. The van der Waals surface area contributed by atoms with Gasteiger partial charge in [0.15, 0.2) is 0 Å². The van der Waals surface area contributed by atoms with Gasteiger partial charge in [0.2, 0.25) is 0 Å². The summed E-state index contributed by atoms with van der Waals surface area (Å²) in [4.78, 5) is 11.5. The lowest BCUT2D eigenvalue weighted by atomic mass is 9.80. The lowest BCUT2D eigenvalue weighted by Crippen LogP contribution is -2.16. The highest BCUT2D eigenvalue weighted by molar-refractivity contribution is 5.69. The number of carbonyl (C=O) groups is 1. The maximum absolute atomic E-state index is 11.5. The zero-order chi connectivity index (χ0) is 16.0. The van der Waals surface area contributed by atoms with E-state index in [0.29, 0.717) is 12.2 Å². The summed E-state index contributed by atoms with van der Waals surface area (Å²) in [6.07, 6.45) is 1.76.